The van der Waals surface area contributed by atoms with Gasteiger partial charge in [0.15, 0.2) is 11.6 Å². The number of rotatable bonds is 7. The summed E-state index contributed by atoms with van der Waals surface area (Å²) >= 11 is 13.2. The van der Waals surface area contributed by atoms with E-state index in [1.54, 1.807) is 19.1 Å². The first kappa shape index (κ1) is 24.5. The minimum Gasteiger partial charge on any atom is -0.494 e. The first-order chi connectivity index (χ1) is 15.8. The Morgan fingerprint density at radius 1 is 1.36 bits per heavy atom. The summed E-state index contributed by atoms with van der Waals surface area (Å²) in [5, 5.41) is 9.54. The highest BCUT2D eigenvalue weighted by Crippen LogP contribution is 2.38. The molecule has 170 valence electrons. The largest absolute Gasteiger partial charge is 0.494 e. The molecule has 0 spiro atoms. The third kappa shape index (κ3) is 5.09. The molecule has 0 amide bonds. The van der Waals surface area contributed by atoms with Crippen molar-refractivity contribution < 1.29 is 9.13 Å². The number of hydrogen-bond donors (Lipinski definition) is 0. The molecule has 2 aromatic heterocycles. The van der Waals surface area contributed by atoms with Crippen molar-refractivity contribution in [2.24, 2.45) is 4.99 Å². The van der Waals surface area contributed by atoms with Crippen LogP contribution in [0.5, 0.6) is 5.75 Å². The monoisotopic (exact) mass is 506 g/mol. The Labute approximate surface area is 201 Å². The zero-order chi connectivity index (χ0) is 24.1. The van der Waals surface area contributed by atoms with Crippen LogP contribution in [0.4, 0.5) is 4.39 Å². The molecule has 2 heterocycles. The number of methoxy groups -OCH3 is 1. The van der Waals surface area contributed by atoms with Crippen LogP contribution in [0.3, 0.4) is 0 Å². The number of aliphatic imine (C=N–C) groups is 1. The molecule has 11 heteroatoms. The first-order valence-corrected chi connectivity index (χ1v) is 11.1. The maximum Gasteiger partial charge on any atom is 0.335 e. The first-order valence-electron chi connectivity index (χ1n) is 9.53. The fourth-order valence-corrected chi connectivity index (χ4v) is 4.47. The maximum atomic E-state index is 14.0. The van der Waals surface area contributed by atoms with E-state index in [0.717, 1.165) is 22.0 Å². The zero-order valence-electron chi connectivity index (χ0n) is 17.5. The molecule has 0 fully saturated rings. The molecule has 0 saturated carbocycles. The predicted molar refractivity (Wildman–Crippen MR) is 131 cm³/mol. The van der Waals surface area contributed by atoms with Crippen molar-refractivity contribution in [3.05, 3.63) is 67.2 Å². The van der Waals surface area contributed by atoms with Crippen molar-refractivity contribution in [3.63, 3.8) is 0 Å². The molecule has 1 aromatic carbocycles. The SMILES string of the molecule is C/C=C(Cl)/C=N/C=C/n1c(=O)c2sc(-c3cc(OC)c(F)cc3Cl)cc2n(CCC#N)c1=O. The molecule has 0 bridgehead atoms. The van der Waals surface area contributed by atoms with E-state index in [2.05, 4.69) is 4.99 Å². The van der Waals surface area contributed by atoms with Gasteiger partial charge in [-0.2, -0.15) is 5.26 Å². The number of halogens is 3. The van der Waals surface area contributed by atoms with E-state index >= 15 is 0 Å². The van der Waals surface area contributed by atoms with Crippen LogP contribution in [0.15, 0.2) is 50.1 Å². The van der Waals surface area contributed by atoms with Crippen LogP contribution in [-0.2, 0) is 6.54 Å². The lowest BCUT2D eigenvalue weighted by Crippen LogP contribution is -2.36. The minimum atomic E-state index is -0.626. The number of thiophene rings is 1. The lowest BCUT2D eigenvalue weighted by Gasteiger charge is -2.07. The Kier molecular flexibility index (Phi) is 7.87. The Morgan fingerprint density at radius 3 is 2.79 bits per heavy atom. The molecule has 3 aromatic rings. The number of aryl methyl sites for hydroxylation is 1. The third-order valence-electron chi connectivity index (χ3n) is 4.58. The van der Waals surface area contributed by atoms with Gasteiger partial charge in [-0.1, -0.05) is 29.3 Å². The number of nitrogens with zero attached hydrogens (tertiary/aromatic N) is 4. The number of fused-ring (bicyclic) bond motifs is 1. The Morgan fingerprint density at radius 2 is 2.12 bits per heavy atom. The van der Waals surface area contributed by atoms with Crippen molar-refractivity contribution in [1.82, 2.24) is 9.13 Å². The Hall–Kier alpha value is -3.19. The summed E-state index contributed by atoms with van der Waals surface area (Å²) in [5.41, 5.74) is -0.390. The summed E-state index contributed by atoms with van der Waals surface area (Å²) in [6.45, 7) is 1.81. The quantitative estimate of drug-likeness (QED) is 0.409. The standard InChI is InChI=1S/C22H17Cl2FN4O3S/c1-3-13(23)12-27-6-8-29-21(30)20-17(28(22(29)31)7-4-5-26)11-19(33-20)14-9-18(32-2)16(25)10-15(14)24/h3,6,8-12H,4,7H2,1-2H3/b8-6+,13-3-,27-12+. The predicted octanol–water partition coefficient (Wildman–Crippen LogP) is 5.25. The van der Waals surface area contributed by atoms with Crippen LogP contribution in [0, 0.1) is 17.1 Å². The number of benzene rings is 1. The zero-order valence-corrected chi connectivity index (χ0v) is 19.8. The van der Waals surface area contributed by atoms with Gasteiger partial charge in [-0.25, -0.2) is 13.8 Å². The Balaban J connectivity index is 2.24. The van der Waals surface area contributed by atoms with Crippen LogP contribution in [0.2, 0.25) is 5.02 Å². The number of ether oxygens (including phenoxy) is 1. The number of hydrogen-bond acceptors (Lipinski definition) is 6. The molecule has 0 aliphatic rings. The van der Waals surface area contributed by atoms with Crippen molar-refractivity contribution >= 4 is 57.2 Å². The molecule has 0 unspecified atom stereocenters. The lowest BCUT2D eigenvalue weighted by molar-refractivity contribution is 0.387. The smallest absolute Gasteiger partial charge is 0.335 e. The van der Waals surface area contributed by atoms with Crippen LogP contribution in [0.1, 0.15) is 13.3 Å². The number of nitriles is 1. The summed E-state index contributed by atoms with van der Waals surface area (Å²) in [6, 6.07) is 6.17. The molecule has 0 atom stereocenters. The fraction of sp³-hybridized carbons (Fsp3) is 0.182. The fourth-order valence-electron chi connectivity index (χ4n) is 2.97. The number of allylic oxidation sites excluding steroid dienone is 2. The second-order valence-electron chi connectivity index (χ2n) is 6.56. The third-order valence-corrected chi connectivity index (χ3v) is 6.36. The molecule has 33 heavy (non-hydrogen) atoms. The number of aromatic nitrogens is 2. The van der Waals surface area contributed by atoms with Gasteiger partial charge in [0.05, 0.1) is 35.2 Å². The summed E-state index contributed by atoms with van der Waals surface area (Å²) in [7, 11) is 1.33. The normalized spacial score (nSPS) is 12.2. The minimum absolute atomic E-state index is 0.00766. The van der Waals surface area contributed by atoms with Gasteiger partial charge in [0.1, 0.15) is 4.70 Å². The van der Waals surface area contributed by atoms with Gasteiger partial charge < -0.3 is 4.74 Å². The highest BCUT2D eigenvalue weighted by atomic mass is 35.5. The van der Waals surface area contributed by atoms with Crippen molar-refractivity contribution in [2.75, 3.05) is 7.11 Å². The highest BCUT2D eigenvalue weighted by Gasteiger charge is 2.19. The van der Waals surface area contributed by atoms with Crippen LogP contribution in [-0.4, -0.2) is 22.5 Å². The molecule has 3 rings (SSSR count). The lowest BCUT2D eigenvalue weighted by atomic mass is 10.1. The van der Waals surface area contributed by atoms with Crippen LogP contribution >= 0.6 is 34.5 Å². The summed E-state index contributed by atoms with van der Waals surface area (Å²) < 4.78 is 21.5. The molecule has 0 radical (unpaired) electrons. The van der Waals surface area contributed by atoms with E-state index in [1.165, 1.54) is 36.4 Å². The van der Waals surface area contributed by atoms with E-state index in [-0.39, 0.29) is 28.4 Å². The van der Waals surface area contributed by atoms with E-state index in [4.69, 9.17) is 33.2 Å². The van der Waals surface area contributed by atoms with Gasteiger partial charge in [-0.05, 0) is 25.1 Å². The Bertz CT molecular complexity index is 1460. The van der Waals surface area contributed by atoms with Gasteiger partial charge in [0, 0.05) is 35.6 Å². The van der Waals surface area contributed by atoms with E-state index in [1.807, 2.05) is 6.07 Å². The molecule has 0 N–H and O–H groups in total. The summed E-state index contributed by atoms with van der Waals surface area (Å²) in [4.78, 5) is 30.6. The molecule has 7 nitrogen and oxygen atoms in total. The maximum absolute atomic E-state index is 14.0. The summed E-state index contributed by atoms with van der Waals surface area (Å²) in [5.74, 6) is -0.629. The average Bonchev–Trinajstić information content (AvgIpc) is 3.23. The van der Waals surface area contributed by atoms with E-state index in [9.17, 15) is 14.0 Å². The molecular formula is C22H17Cl2FN4O3S. The van der Waals surface area contributed by atoms with Gasteiger partial charge in [0.25, 0.3) is 5.56 Å². The van der Waals surface area contributed by atoms with Gasteiger partial charge in [-0.3, -0.25) is 14.4 Å². The average molecular weight is 507 g/mol. The molecule has 0 aliphatic carbocycles. The van der Waals surface area contributed by atoms with Gasteiger partial charge >= 0.3 is 5.69 Å². The molecule has 0 saturated heterocycles. The van der Waals surface area contributed by atoms with Crippen molar-refractivity contribution in [2.45, 2.75) is 19.9 Å². The second kappa shape index (κ2) is 10.6. The van der Waals surface area contributed by atoms with E-state index in [0.29, 0.717) is 21.0 Å². The molecule has 0 aliphatic heterocycles. The second-order valence-corrected chi connectivity index (χ2v) is 8.45. The van der Waals surface area contributed by atoms with Crippen molar-refractivity contribution in [1.29, 1.82) is 5.26 Å². The van der Waals surface area contributed by atoms with Crippen LogP contribution in [0.25, 0.3) is 26.9 Å². The van der Waals surface area contributed by atoms with Crippen molar-refractivity contribution in [3.8, 4) is 22.3 Å². The van der Waals surface area contributed by atoms with Gasteiger partial charge in [0.2, 0.25) is 0 Å². The van der Waals surface area contributed by atoms with E-state index < -0.39 is 17.1 Å². The molecular weight excluding hydrogens is 490 g/mol. The highest BCUT2D eigenvalue weighted by molar-refractivity contribution is 7.22. The topological polar surface area (TPSA) is 89.4 Å². The summed E-state index contributed by atoms with van der Waals surface area (Å²) in [6.07, 6.45) is 5.56. The van der Waals surface area contributed by atoms with Gasteiger partial charge in [-0.15, -0.1) is 11.3 Å². The van der Waals surface area contributed by atoms with Crippen LogP contribution < -0.4 is 16.0 Å².